The summed E-state index contributed by atoms with van der Waals surface area (Å²) in [5.74, 6) is 1.59. The van der Waals surface area contributed by atoms with Crippen LogP contribution < -0.4 is 0 Å². The van der Waals surface area contributed by atoms with Crippen LogP contribution >= 0.6 is 25.3 Å². The zero-order chi connectivity index (χ0) is 14.8. The van der Waals surface area contributed by atoms with Gasteiger partial charge in [0.05, 0.1) is 0 Å². The highest BCUT2D eigenvalue weighted by molar-refractivity contribution is 7.80. The first-order chi connectivity index (χ1) is 9.07. The molecule has 116 valence electrons. The van der Waals surface area contributed by atoms with Crippen LogP contribution in [0.25, 0.3) is 0 Å². The number of thiol groups is 2. The average Bonchev–Trinajstić information content (AvgIpc) is 2.47. The summed E-state index contributed by atoms with van der Waals surface area (Å²) in [5, 5.41) is 0. The molecule has 0 unspecified atom stereocenters. The molecule has 5 nitrogen and oxygen atoms in total. The Bertz CT molecular complexity index is 216. The van der Waals surface area contributed by atoms with Gasteiger partial charge in [-0.05, 0) is 36.4 Å². The quantitative estimate of drug-likeness (QED) is 0.419. The third-order valence-electron chi connectivity index (χ3n) is 2.86. The van der Waals surface area contributed by atoms with E-state index in [4.69, 9.17) is 21.8 Å². The van der Waals surface area contributed by atoms with E-state index in [1.54, 1.807) is 7.11 Å². The molecule has 0 saturated carbocycles. The smallest absolute Gasteiger partial charge is 0.398 e. The Morgan fingerprint density at radius 1 is 0.737 bits per heavy atom. The Hall–Kier alpha value is 0.934. The summed E-state index contributed by atoms with van der Waals surface area (Å²) in [4.78, 5) is 0. The lowest BCUT2D eigenvalue weighted by Gasteiger charge is -2.35. The van der Waals surface area contributed by atoms with E-state index < -0.39 is 17.6 Å². The van der Waals surface area contributed by atoms with Gasteiger partial charge in [0.2, 0.25) is 0 Å². The predicted octanol–water partition coefficient (Wildman–Crippen LogP) is 2.11. The fourth-order valence-electron chi connectivity index (χ4n) is 1.77. The number of rotatable bonds is 12. The van der Waals surface area contributed by atoms with Crippen LogP contribution in [0.15, 0.2) is 0 Å². The highest BCUT2D eigenvalue weighted by Gasteiger charge is 2.52. The van der Waals surface area contributed by atoms with Crippen molar-refractivity contribution in [3.05, 3.63) is 0 Å². The molecule has 0 saturated heterocycles. The van der Waals surface area contributed by atoms with Crippen molar-refractivity contribution in [1.29, 1.82) is 0 Å². The van der Waals surface area contributed by atoms with E-state index in [0.717, 1.165) is 36.4 Å². The van der Waals surface area contributed by atoms with Crippen molar-refractivity contribution in [2.75, 3.05) is 39.9 Å². The van der Waals surface area contributed by atoms with E-state index in [2.05, 4.69) is 25.3 Å². The summed E-state index contributed by atoms with van der Waals surface area (Å²) in [6.07, 6.45) is 1.86. The fourth-order valence-corrected chi connectivity index (χ4v) is 9.25. The molecule has 9 heteroatoms. The minimum Gasteiger partial charge on any atom is -0.398 e. The standard InChI is InChI=1S/C10H26O5S2Si2/c1-11-18(9-5-7-16,10-6-8-17)15-19(12-2,13-3)14-4/h16-17H,5-10H2,1-4H3. The minimum absolute atomic E-state index is 0.795. The maximum absolute atomic E-state index is 6.15. The Balaban J connectivity index is 4.96. The first kappa shape index (κ1) is 19.9. The van der Waals surface area contributed by atoms with Gasteiger partial charge in [-0.3, -0.25) is 0 Å². The van der Waals surface area contributed by atoms with E-state index >= 15 is 0 Å². The van der Waals surface area contributed by atoms with Gasteiger partial charge in [-0.2, -0.15) is 25.3 Å². The molecular formula is C10H26O5S2Si2. The number of hydrogen-bond acceptors (Lipinski definition) is 7. The van der Waals surface area contributed by atoms with Crippen molar-refractivity contribution < 1.29 is 21.8 Å². The van der Waals surface area contributed by atoms with Crippen LogP contribution in [0.3, 0.4) is 0 Å². The van der Waals surface area contributed by atoms with Crippen LogP contribution in [-0.4, -0.2) is 57.6 Å². The summed E-state index contributed by atoms with van der Waals surface area (Å²) in [6, 6.07) is 1.68. The summed E-state index contributed by atoms with van der Waals surface area (Å²) in [7, 11) is 0.775. The van der Waals surface area contributed by atoms with Gasteiger partial charge >= 0.3 is 17.6 Å². The van der Waals surface area contributed by atoms with Crippen molar-refractivity contribution >= 4 is 42.9 Å². The fraction of sp³-hybridized carbons (Fsp3) is 1.00. The van der Waals surface area contributed by atoms with Gasteiger partial charge in [0.15, 0.2) is 0 Å². The molecule has 0 aromatic heterocycles. The highest BCUT2D eigenvalue weighted by Crippen LogP contribution is 2.27. The van der Waals surface area contributed by atoms with Crippen molar-refractivity contribution in [3.63, 3.8) is 0 Å². The summed E-state index contributed by atoms with van der Waals surface area (Å²) in [6.45, 7) is 0. The molecule has 19 heavy (non-hydrogen) atoms. The molecule has 0 aromatic carbocycles. The second-order valence-corrected chi connectivity index (χ2v) is 11.1. The summed E-state index contributed by atoms with van der Waals surface area (Å²) >= 11 is 8.51. The molecule has 0 aliphatic carbocycles. The Labute approximate surface area is 129 Å². The maximum atomic E-state index is 6.15. The monoisotopic (exact) mass is 346 g/mol. The van der Waals surface area contributed by atoms with Crippen LogP contribution in [0.2, 0.25) is 12.1 Å². The van der Waals surface area contributed by atoms with Crippen LogP contribution in [0, 0.1) is 0 Å². The van der Waals surface area contributed by atoms with Crippen molar-refractivity contribution in [2.45, 2.75) is 24.9 Å². The second kappa shape index (κ2) is 10.6. The zero-order valence-corrected chi connectivity index (χ0v) is 16.0. The molecule has 0 rings (SSSR count). The van der Waals surface area contributed by atoms with Gasteiger partial charge in [0.25, 0.3) is 0 Å². The molecule has 0 heterocycles. The first-order valence-electron chi connectivity index (χ1n) is 6.20. The van der Waals surface area contributed by atoms with Crippen LogP contribution in [-0.2, 0) is 21.8 Å². The minimum atomic E-state index is -3.09. The van der Waals surface area contributed by atoms with E-state index in [9.17, 15) is 0 Å². The molecule has 0 aromatic rings. The van der Waals surface area contributed by atoms with Gasteiger partial charge in [-0.25, -0.2) is 0 Å². The largest absolute Gasteiger partial charge is 0.669 e. The lowest BCUT2D eigenvalue weighted by atomic mass is 10.6. The molecule has 0 aliphatic rings. The van der Waals surface area contributed by atoms with Gasteiger partial charge < -0.3 is 21.8 Å². The topological polar surface area (TPSA) is 46.2 Å². The third-order valence-corrected chi connectivity index (χ3v) is 10.5. The van der Waals surface area contributed by atoms with Crippen molar-refractivity contribution in [2.24, 2.45) is 0 Å². The molecule has 0 fully saturated rings. The van der Waals surface area contributed by atoms with Crippen LogP contribution in [0.5, 0.6) is 0 Å². The molecular weight excluding hydrogens is 320 g/mol. The Morgan fingerprint density at radius 2 is 1.16 bits per heavy atom. The normalized spacial score (nSPS) is 12.9. The first-order valence-corrected chi connectivity index (χ1v) is 11.3. The highest BCUT2D eigenvalue weighted by atomic mass is 32.1. The van der Waals surface area contributed by atoms with Gasteiger partial charge in [0, 0.05) is 28.4 Å². The second-order valence-electron chi connectivity index (χ2n) is 3.98. The molecule has 0 radical (unpaired) electrons. The van der Waals surface area contributed by atoms with Crippen LogP contribution in [0.4, 0.5) is 0 Å². The molecule has 0 amide bonds. The lowest BCUT2D eigenvalue weighted by molar-refractivity contribution is 0.0356. The molecule has 0 atom stereocenters. The lowest BCUT2D eigenvalue weighted by Crippen LogP contribution is -2.57. The molecule has 0 aliphatic heterocycles. The van der Waals surface area contributed by atoms with Crippen molar-refractivity contribution in [1.82, 2.24) is 0 Å². The molecule has 0 spiro atoms. The summed E-state index contributed by atoms with van der Waals surface area (Å²) < 4.78 is 27.9. The van der Waals surface area contributed by atoms with E-state index in [1.165, 1.54) is 21.3 Å². The zero-order valence-electron chi connectivity index (χ0n) is 12.2. The predicted molar refractivity (Wildman–Crippen MR) is 87.2 cm³/mol. The van der Waals surface area contributed by atoms with Crippen LogP contribution in [0.1, 0.15) is 12.8 Å². The Morgan fingerprint density at radius 3 is 1.42 bits per heavy atom. The summed E-state index contributed by atoms with van der Waals surface area (Å²) in [5.41, 5.74) is 0. The van der Waals surface area contributed by atoms with E-state index in [-0.39, 0.29) is 0 Å². The van der Waals surface area contributed by atoms with Gasteiger partial charge in [-0.15, -0.1) is 0 Å². The van der Waals surface area contributed by atoms with Crippen molar-refractivity contribution in [3.8, 4) is 0 Å². The van der Waals surface area contributed by atoms with Gasteiger partial charge in [0.1, 0.15) is 0 Å². The molecule has 0 bridgehead atoms. The Kier molecular flexibility index (Phi) is 11.2. The third kappa shape index (κ3) is 6.49. The average molecular weight is 347 g/mol. The van der Waals surface area contributed by atoms with E-state index in [1.807, 2.05) is 0 Å². The van der Waals surface area contributed by atoms with E-state index in [0.29, 0.717) is 0 Å². The maximum Gasteiger partial charge on any atom is 0.669 e. The SMILES string of the molecule is CO[Si](CCCS)(CCCS)O[Si](OC)(OC)OC. The van der Waals surface area contributed by atoms with Gasteiger partial charge in [-0.1, -0.05) is 0 Å². The number of hydrogen-bond donors (Lipinski definition) is 2. The molecule has 0 N–H and O–H groups in total.